The van der Waals surface area contributed by atoms with Gasteiger partial charge < -0.3 is 0 Å². The first-order valence-electron chi connectivity index (χ1n) is 6.21. The van der Waals surface area contributed by atoms with Crippen LogP contribution in [0.4, 0.5) is 0 Å². The summed E-state index contributed by atoms with van der Waals surface area (Å²) in [6.07, 6.45) is 3.22. The first kappa shape index (κ1) is 13.0. The average Bonchev–Trinajstić information content (AvgIpc) is 2.41. The van der Waals surface area contributed by atoms with Gasteiger partial charge in [0.2, 0.25) is 0 Å². The van der Waals surface area contributed by atoms with Crippen LogP contribution in [0.25, 0.3) is 0 Å². The Labute approximate surface area is 114 Å². The number of allylic oxidation sites excluding steroid dienone is 2. The predicted molar refractivity (Wildman–Crippen MR) is 80.9 cm³/mol. The average molecular weight is 254 g/mol. The van der Waals surface area contributed by atoms with E-state index in [4.69, 9.17) is 0 Å². The molecule has 1 heteroatoms. The van der Waals surface area contributed by atoms with Gasteiger partial charge in [-0.3, -0.25) is 0 Å². The monoisotopic (exact) mass is 254 g/mol. The van der Waals surface area contributed by atoms with Crippen molar-refractivity contribution in [2.75, 3.05) is 0 Å². The Morgan fingerprint density at radius 1 is 1.00 bits per heavy atom. The van der Waals surface area contributed by atoms with E-state index in [1.165, 1.54) is 20.9 Å². The molecule has 2 aromatic carbocycles. The van der Waals surface area contributed by atoms with E-state index in [1.54, 1.807) is 0 Å². The van der Waals surface area contributed by atoms with Gasteiger partial charge in [-0.1, -0.05) is 65.9 Å². The van der Waals surface area contributed by atoms with Gasteiger partial charge in [-0.25, -0.2) is 0 Å². The molecule has 0 spiro atoms. The van der Waals surface area contributed by atoms with Gasteiger partial charge in [-0.15, -0.1) is 0 Å². The van der Waals surface area contributed by atoms with Crippen molar-refractivity contribution in [3.8, 4) is 0 Å². The first-order chi connectivity index (χ1) is 8.78. The molecule has 0 heterocycles. The number of thioether (sulfide) groups is 1. The van der Waals surface area contributed by atoms with Crippen molar-refractivity contribution in [1.29, 1.82) is 0 Å². The van der Waals surface area contributed by atoms with Crippen LogP contribution in [0.1, 0.15) is 18.1 Å². The van der Waals surface area contributed by atoms with E-state index in [0.29, 0.717) is 0 Å². The SMILES string of the molecule is C/C=C(\Cc1ccc(C)cc1)Sc1ccccc1. The van der Waals surface area contributed by atoms with Gasteiger partial charge in [-0.05, 0) is 36.4 Å². The molecule has 0 aromatic heterocycles. The van der Waals surface area contributed by atoms with Crippen LogP contribution >= 0.6 is 11.8 Å². The molecule has 0 fully saturated rings. The van der Waals surface area contributed by atoms with E-state index in [0.717, 1.165) is 6.42 Å². The third kappa shape index (κ3) is 3.78. The zero-order valence-corrected chi connectivity index (χ0v) is 11.7. The molecule has 0 bridgehead atoms. The number of hydrogen-bond donors (Lipinski definition) is 0. The van der Waals surface area contributed by atoms with Crippen LogP contribution < -0.4 is 0 Å². The van der Waals surface area contributed by atoms with Crippen LogP contribution in [0, 0.1) is 6.92 Å². The maximum absolute atomic E-state index is 2.21. The summed E-state index contributed by atoms with van der Waals surface area (Å²) >= 11 is 1.85. The highest BCUT2D eigenvalue weighted by Gasteiger charge is 2.01. The number of benzene rings is 2. The molecule has 2 rings (SSSR count). The standard InChI is InChI=1S/C17H18S/c1-3-16(18-17-7-5-4-6-8-17)13-15-11-9-14(2)10-12-15/h3-12H,13H2,1-2H3/b16-3+. The number of aryl methyl sites for hydroxylation is 1. The minimum Gasteiger partial charge on any atom is -0.0945 e. The van der Waals surface area contributed by atoms with Gasteiger partial charge in [0.1, 0.15) is 0 Å². The van der Waals surface area contributed by atoms with Gasteiger partial charge in [0, 0.05) is 11.3 Å². The Hall–Kier alpha value is -1.47. The molecule has 0 atom stereocenters. The summed E-state index contributed by atoms with van der Waals surface area (Å²) in [5, 5.41) is 0. The predicted octanol–water partition coefficient (Wildman–Crippen LogP) is 5.23. The second kappa shape index (κ2) is 6.46. The Balaban J connectivity index is 2.04. The molecule has 0 amide bonds. The Morgan fingerprint density at radius 3 is 2.28 bits per heavy atom. The lowest BCUT2D eigenvalue weighted by Crippen LogP contribution is -1.87. The molecule has 0 saturated carbocycles. The highest BCUT2D eigenvalue weighted by Crippen LogP contribution is 2.28. The van der Waals surface area contributed by atoms with Gasteiger partial charge >= 0.3 is 0 Å². The van der Waals surface area contributed by atoms with Crippen LogP contribution in [0.15, 0.2) is 70.5 Å². The van der Waals surface area contributed by atoms with Crippen LogP contribution in [0.5, 0.6) is 0 Å². The molecule has 0 saturated heterocycles. The van der Waals surface area contributed by atoms with E-state index in [9.17, 15) is 0 Å². The van der Waals surface area contributed by atoms with Crippen molar-refractivity contribution in [3.63, 3.8) is 0 Å². The van der Waals surface area contributed by atoms with Gasteiger partial charge in [0.25, 0.3) is 0 Å². The minimum atomic E-state index is 1.01. The molecule has 0 radical (unpaired) electrons. The summed E-state index contributed by atoms with van der Waals surface area (Å²) in [4.78, 5) is 2.70. The van der Waals surface area contributed by atoms with E-state index < -0.39 is 0 Å². The van der Waals surface area contributed by atoms with Crippen molar-refractivity contribution in [2.45, 2.75) is 25.2 Å². The van der Waals surface area contributed by atoms with Crippen LogP contribution in [-0.2, 0) is 6.42 Å². The molecule has 92 valence electrons. The molecular weight excluding hydrogens is 236 g/mol. The molecule has 0 nitrogen and oxygen atoms in total. The van der Waals surface area contributed by atoms with Crippen molar-refractivity contribution in [3.05, 3.63) is 76.7 Å². The van der Waals surface area contributed by atoms with Gasteiger partial charge in [0.05, 0.1) is 0 Å². The molecule has 0 aliphatic rings. The summed E-state index contributed by atoms with van der Waals surface area (Å²) in [6.45, 7) is 4.23. The van der Waals surface area contributed by atoms with Gasteiger partial charge in [-0.2, -0.15) is 0 Å². The Kier molecular flexibility index (Phi) is 4.66. The third-order valence-electron chi connectivity index (χ3n) is 2.81. The third-order valence-corrected chi connectivity index (χ3v) is 3.96. The van der Waals surface area contributed by atoms with Crippen molar-refractivity contribution >= 4 is 11.8 Å². The molecule has 0 aliphatic carbocycles. The van der Waals surface area contributed by atoms with Crippen LogP contribution in [0.3, 0.4) is 0 Å². The summed E-state index contributed by atoms with van der Waals surface area (Å²) in [5.74, 6) is 0. The van der Waals surface area contributed by atoms with Crippen molar-refractivity contribution in [2.24, 2.45) is 0 Å². The Bertz CT molecular complexity index is 509. The van der Waals surface area contributed by atoms with Gasteiger partial charge in [0.15, 0.2) is 0 Å². The largest absolute Gasteiger partial charge is 0.0945 e. The lowest BCUT2D eigenvalue weighted by molar-refractivity contribution is 1.22. The quantitative estimate of drug-likeness (QED) is 0.673. The molecular formula is C17H18S. The number of hydrogen-bond acceptors (Lipinski definition) is 1. The van der Waals surface area contributed by atoms with Crippen molar-refractivity contribution < 1.29 is 0 Å². The summed E-state index contributed by atoms with van der Waals surface area (Å²) in [6, 6.07) is 19.3. The van der Waals surface area contributed by atoms with E-state index in [2.05, 4.69) is 74.5 Å². The fraction of sp³-hybridized carbons (Fsp3) is 0.176. The summed E-state index contributed by atoms with van der Waals surface area (Å²) in [7, 11) is 0. The zero-order valence-electron chi connectivity index (χ0n) is 10.9. The summed E-state index contributed by atoms with van der Waals surface area (Å²) in [5.41, 5.74) is 2.69. The summed E-state index contributed by atoms with van der Waals surface area (Å²) < 4.78 is 0. The normalized spacial score (nSPS) is 11.6. The smallest absolute Gasteiger partial charge is 0.0119 e. The Morgan fingerprint density at radius 2 is 1.67 bits per heavy atom. The second-order valence-electron chi connectivity index (χ2n) is 4.33. The van der Waals surface area contributed by atoms with Crippen LogP contribution in [-0.4, -0.2) is 0 Å². The maximum Gasteiger partial charge on any atom is 0.0119 e. The maximum atomic E-state index is 2.21. The lowest BCUT2D eigenvalue weighted by atomic mass is 10.1. The van der Waals surface area contributed by atoms with Crippen molar-refractivity contribution in [1.82, 2.24) is 0 Å². The lowest BCUT2D eigenvalue weighted by Gasteiger charge is -2.07. The zero-order chi connectivity index (χ0) is 12.8. The van der Waals surface area contributed by atoms with E-state index in [1.807, 2.05) is 11.8 Å². The highest BCUT2D eigenvalue weighted by atomic mass is 32.2. The first-order valence-corrected chi connectivity index (χ1v) is 7.03. The molecule has 0 aliphatic heterocycles. The van der Waals surface area contributed by atoms with E-state index >= 15 is 0 Å². The molecule has 0 N–H and O–H groups in total. The second-order valence-corrected chi connectivity index (χ2v) is 5.53. The minimum absolute atomic E-state index is 1.01. The fourth-order valence-corrected chi connectivity index (χ4v) is 2.70. The highest BCUT2D eigenvalue weighted by molar-refractivity contribution is 8.03. The fourth-order valence-electron chi connectivity index (χ4n) is 1.74. The number of rotatable bonds is 4. The topological polar surface area (TPSA) is 0 Å². The molecule has 0 unspecified atom stereocenters. The molecule has 2 aromatic rings. The van der Waals surface area contributed by atoms with E-state index in [-0.39, 0.29) is 0 Å². The molecule has 18 heavy (non-hydrogen) atoms. The van der Waals surface area contributed by atoms with Crippen LogP contribution in [0.2, 0.25) is 0 Å².